The largest absolute Gasteiger partial charge is 0.393 e. The predicted molar refractivity (Wildman–Crippen MR) is 41.0 cm³/mol. The number of aliphatic hydroxyl groups is 2. The molecule has 0 aromatic carbocycles. The molecule has 0 aliphatic carbocycles. The van der Waals surface area contributed by atoms with Gasteiger partial charge in [-0.05, 0) is 12.8 Å². The fourth-order valence-corrected chi connectivity index (χ4v) is 0.852. The van der Waals surface area contributed by atoms with Crippen LogP contribution < -0.4 is 0 Å². The minimum atomic E-state index is -0.343. The van der Waals surface area contributed by atoms with E-state index in [9.17, 15) is 0 Å². The summed E-state index contributed by atoms with van der Waals surface area (Å²) in [6.07, 6.45) is 2.92. The van der Waals surface area contributed by atoms with Crippen molar-refractivity contribution in [2.24, 2.45) is 0 Å². The third kappa shape index (κ3) is 4.77. The van der Waals surface area contributed by atoms with E-state index in [-0.39, 0.29) is 6.10 Å². The highest BCUT2D eigenvalue weighted by molar-refractivity contribution is 4.76. The van der Waals surface area contributed by atoms with Gasteiger partial charge in [0.15, 0.2) is 0 Å². The van der Waals surface area contributed by atoms with Crippen molar-refractivity contribution in [1.82, 2.24) is 0 Å². The van der Waals surface area contributed by atoms with E-state index in [0.717, 1.165) is 12.8 Å². The Hall–Kier alpha value is -0.0800. The maximum absolute atomic E-state index is 9.17. The van der Waals surface area contributed by atoms with Gasteiger partial charge in [0.1, 0.15) is 0 Å². The summed E-state index contributed by atoms with van der Waals surface area (Å²) in [6, 6.07) is 0. The van der Waals surface area contributed by atoms with Gasteiger partial charge in [-0.3, -0.25) is 0 Å². The van der Waals surface area contributed by atoms with Crippen molar-refractivity contribution < 1.29 is 10.2 Å². The Bertz CT molecular complexity index is 73.7. The van der Waals surface area contributed by atoms with E-state index in [0.29, 0.717) is 18.9 Å². The van der Waals surface area contributed by atoms with Crippen LogP contribution >= 0.6 is 0 Å². The molecular weight excluding hydrogens is 128 g/mol. The third-order valence-corrected chi connectivity index (χ3v) is 1.50. The summed E-state index contributed by atoms with van der Waals surface area (Å²) in [5, 5.41) is 18.2. The van der Waals surface area contributed by atoms with Crippen molar-refractivity contribution in [3.8, 4) is 0 Å². The molecule has 0 bridgehead atoms. The van der Waals surface area contributed by atoms with E-state index < -0.39 is 0 Å². The summed E-state index contributed by atoms with van der Waals surface area (Å²) in [4.78, 5) is 0. The van der Waals surface area contributed by atoms with Crippen LogP contribution in [0.5, 0.6) is 0 Å². The van der Waals surface area contributed by atoms with Gasteiger partial charge in [0, 0.05) is 6.42 Å². The highest BCUT2D eigenvalue weighted by Crippen LogP contribution is 2.12. The quantitative estimate of drug-likeness (QED) is 0.619. The standard InChI is InChI=1S/C8H17O2/c1-3-5-8(10)6-7(9)4-2/h8-10H,3-6H2,1-2H3. The number of hydrogen-bond donors (Lipinski definition) is 2. The average Bonchev–Trinajstić information content (AvgIpc) is 1.88. The monoisotopic (exact) mass is 145 g/mol. The maximum Gasteiger partial charge on any atom is 0.0956 e. The summed E-state index contributed by atoms with van der Waals surface area (Å²) in [6.45, 7) is 3.90. The maximum atomic E-state index is 9.17. The topological polar surface area (TPSA) is 40.5 Å². The molecule has 0 fully saturated rings. The van der Waals surface area contributed by atoms with Crippen molar-refractivity contribution in [3.05, 3.63) is 6.10 Å². The normalized spacial score (nSPS) is 14.1. The Morgan fingerprint density at radius 3 is 2.40 bits per heavy atom. The zero-order chi connectivity index (χ0) is 7.98. The first-order valence-corrected chi connectivity index (χ1v) is 3.92. The predicted octanol–water partition coefficient (Wildman–Crippen LogP) is 1.85. The van der Waals surface area contributed by atoms with Crippen LogP contribution in [-0.4, -0.2) is 16.3 Å². The fraction of sp³-hybridized carbons (Fsp3) is 0.875. The lowest BCUT2D eigenvalue weighted by Crippen LogP contribution is -2.10. The Labute approximate surface area is 62.9 Å². The first kappa shape index (κ1) is 9.92. The Morgan fingerprint density at radius 1 is 1.40 bits per heavy atom. The second-order valence-electron chi connectivity index (χ2n) is 2.57. The van der Waals surface area contributed by atoms with Crippen molar-refractivity contribution in [2.45, 2.75) is 45.6 Å². The molecule has 1 radical (unpaired) electrons. The molecule has 0 aliphatic rings. The lowest BCUT2D eigenvalue weighted by molar-refractivity contribution is 0.123. The van der Waals surface area contributed by atoms with Gasteiger partial charge < -0.3 is 10.2 Å². The van der Waals surface area contributed by atoms with E-state index >= 15 is 0 Å². The van der Waals surface area contributed by atoms with Crippen LogP contribution in [0.4, 0.5) is 0 Å². The highest BCUT2D eigenvalue weighted by Gasteiger charge is 2.09. The molecule has 0 aliphatic heterocycles. The molecule has 61 valence electrons. The summed E-state index contributed by atoms with van der Waals surface area (Å²) < 4.78 is 0. The zero-order valence-electron chi connectivity index (χ0n) is 6.80. The number of rotatable bonds is 5. The van der Waals surface area contributed by atoms with Crippen molar-refractivity contribution in [3.63, 3.8) is 0 Å². The van der Waals surface area contributed by atoms with Crippen molar-refractivity contribution in [1.29, 1.82) is 0 Å². The van der Waals surface area contributed by atoms with Gasteiger partial charge in [-0.25, -0.2) is 0 Å². The van der Waals surface area contributed by atoms with Gasteiger partial charge in [-0.2, -0.15) is 0 Å². The Balaban J connectivity index is 3.27. The van der Waals surface area contributed by atoms with Crippen molar-refractivity contribution in [2.75, 3.05) is 0 Å². The van der Waals surface area contributed by atoms with Crippen LogP contribution in [0.2, 0.25) is 0 Å². The fourth-order valence-electron chi connectivity index (χ4n) is 0.852. The molecule has 0 aromatic rings. The van der Waals surface area contributed by atoms with Gasteiger partial charge >= 0.3 is 0 Å². The van der Waals surface area contributed by atoms with Crippen LogP contribution in [0, 0.1) is 6.10 Å². The van der Waals surface area contributed by atoms with Crippen LogP contribution in [0.15, 0.2) is 0 Å². The highest BCUT2D eigenvalue weighted by atomic mass is 16.3. The van der Waals surface area contributed by atoms with Gasteiger partial charge in [0.2, 0.25) is 0 Å². The number of aliphatic hydroxyl groups excluding tert-OH is 2. The summed E-state index contributed by atoms with van der Waals surface area (Å²) >= 11 is 0. The molecule has 1 unspecified atom stereocenters. The second kappa shape index (κ2) is 5.69. The smallest absolute Gasteiger partial charge is 0.0956 e. The third-order valence-electron chi connectivity index (χ3n) is 1.50. The average molecular weight is 145 g/mol. The van der Waals surface area contributed by atoms with Gasteiger partial charge in [-0.1, -0.05) is 20.3 Å². The van der Waals surface area contributed by atoms with Gasteiger partial charge in [0.05, 0.1) is 12.2 Å². The van der Waals surface area contributed by atoms with Crippen LogP contribution in [0.1, 0.15) is 39.5 Å². The SMILES string of the molecule is CCCC(O)C[C](O)CC. The summed E-state index contributed by atoms with van der Waals surface area (Å²) in [5.74, 6) is 0. The van der Waals surface area contributed by atoms with Crippen LogP contribution in [-0.2, 0) is 0 Å². The molecule has 0 heterocycles. The van der Waals surface area contributed by atoms with Crippen LogP contribution in [0.25, 0.3) is 0 Å². The zero-order valence-corrected chi connectivity index (χ0v) is 6.80. The molecule has 2 N–H and O–H groups in total. The van der Waals surface area contributed by atoms with E-state index in [2.05, 4.69) is 0 Å². The first-order valence-electron chi connectivity index (χ1n) is 3.92. The first-order chi connectivity index (χ1) is 4.70. The summed E-state index contributed by atoms with van der Waals surface area (Å²) in [5.41, 5.74) is 0. The molecule has 0 saturated heterocycles. The molecule has 0 spiro atoms. The molecule has 2 nitrogen and oxygen atoms in total. The second-order valence-corrected chi connectivity index (χ2v) is 2.57. The lowest BCUT2D eigenvalue weighted by atomic mass is 10.1. The van der Waals surface area contributed by atoms with Gasteiger partial charge in [0.25, 0.3) is 0 Å². The Kier molecular flexibility index (Phi) is 5.64. The van der Waals surface area contributed by atoms with E-state index in [1.165, 1.54) is 0 Å². The number of hydrogen-bond acceptors (Lipinski definition) is 2. The Morgan fingerprint density at radius 2 is 2.00 bits per heavy atom. The lowest BCUT2D eigenvalue weighted by Gasteiger charge is -2.11. The molecular formula is C8H17O2. The van der Waals surface area contributed by atoms with E-state index in [1.807, 2.05) is 13.8 Å². The van der Waals surface area contributed by atoms with E-state index in [4.69, 9.17) is 10.2 Å². The molecule has 0 saturated carbocycles. The summed E-state index contributed by atoms with van der Waals surface area (Å²) in [7, 11) is 0. The van der Waals surface area contributed by atoms with E-state index in [1.54, 1.807) is 0 Å². The molecule has 0 aromatic heterocycles. The minimum Gasteiger partial charge on any atom is -0.393 e. The van der Waals surface area contributed by atoms with Crippen molar-refractivity contribution >= 4 is 0 Å². The van der Waals surface area contributed by atoms with Gasteiger partial charge in [-0.15, -0.1) is 0 Å². The molecule has 0 rings (SSSR count). The minimum absolute atomic E-state index is 0.343. The molecule has 0 amide bonds. The molecule has 1 atom stereocenters. The molecule has 10 heavy (non-hydrogen) atoms. The molecule has 2 heteroatoms. The van der Waals surface area contributed by atoms with Crippen LogP contribution in [0.3, 0.4) is 0 Å².